The summed E-state index contributed by atoms with van der Waals surface area (Å²) in [6.45, 7) is 0. The largest absolute Gasteiger partial charge is 0.497 e. The van der Waals surface area contributed by atoms with E-state index in [0.29, 0.717) is 0 Å². The maximum atomic E-state index is 5.29. The second kappa shape index (κ2) is 9.05. The Kier molecular flexibility index (Phi) is 5.85. The van der Waals surface area contributed by atoms with Crippen molar-refractivity contribution in [3.8, 4) is 11.5 Å². The van der Waals surface area contributed by atoms with Crippen molar-refractivity contribution in [3.63, 3.8) is 0 Å². The highest BCUT2D eigenvalue weighted by atomic mass is 16.5. The van der Waals surface area contributed by atoms with Gasteiger partial charge in [0.2, 0.25) is 0 Å². The van der Waals surface area contributed by atoms with Crippen molar-refractivity contribution in [3.05, 3.63) is 96.1 Å². The summed E-state index contributed by atoms with van der Waals surface area (Å²) in [5.74, 6) is 1.62. The number of methoxy groups -OCH3 is 2. The molecule has 0 spiro atoms. The van der Waals surface area contributed by atoms with Crippen molar-refractivity contribution in [1.29, 1.82) is 0 Å². The average molecular weight is 394 g/mol. The van der Waals surface area contributed by atoms with Crippen LogP contribution in [0.4, 0.5) is 11.4 Å². The highest BCUT2D eigenvalue weighted by Crippen LogP contribution is 2.33. The van der Waals surface area contributed by atoms with Gasteiger partial charge in [-0.2, -0.15) is 0 Å². The molecule has 30 heavy (non-hydrogen) atoms. The minimum atomic E-state index is 0.811. The van der Waals surface area contributed by atoms with Crippen molar-refractivity contribution in [2.45, 2.75) is 0 Å². The van der Waals surface area contributed by atoms with E-state index in [-0.39, 0.29) is 0 Å². The Hall–Kier alpha value is -3.92. The van der Waals surface area contributed by atoms with Gasteiger partial charge < -0.3 is 9.47 Å². The van der Waals surface area contributed by atoms with E-state index < -0.39 is 0 Å². The first kappa shape index (κ1) is 19.4. The SMILES string of the molecule is COc1cccc(C=Nc2ccc(N=Cc3cccc(OC)c3)c3ccccc23)c1. The minimum absolute atomic E-state index is 0.811. The quantitative estimate of drug-likeness (QED) is 0.357. The second-order valence-corrected chi connectivity index (χ2v) is 6.72. The number of fused-ring (bicyclic) bond motifs is 1. The standard InChI is InChI=1S/C26H22N2O2/c1-29-21-9-5-7-19(15-21)17-27-25-13-14-26(24-12-4-3-11-23(24)25)28-18-20-8-6-10-22(16-20)30-2/h3-18H,1-2H3. The van der Waals surface area contributed by atoms with Crippen molar-refractivity contribution in [2.24, 2.45) is 9.98 Å². The molecule has 0 radical (unpaired) electrons. The zero-order valence-corrected chi connectivity index (χ0v) is 16.9. The number of benzene rings is 4. The van der Waals surface area contributed by atoms with Crippen LogP contribution in [0.2, 0.25) is 0 Å². The summed E-state index contributed by atoms with van der Waals surface area (Å²) in [6.07, 6.45) is 3.70. The number of rotatable bonds is 6. The van der Waals surface area contributed by atoms with E-state index in [1.54, 1.807) is 14.2 Å². The molecule has 0 saturated carbocycles. The minimum Gasteiger partial charge on any atom is -0.497 e. The summed E-state index contributed by atoms with van der Waals surface area (Å²) < 4.78 is 10.6. The van der Waals surface area contributed by atoms with Gasteiger partial charge in [-0.25, -0.2) is 0 Å². The molecule has 4 aromatic rings. The van der Waals surface area contributed by atoms with Crippen LogP contribution in [-0.4, -0.2) is 26.6 Å². The van der Waals surface area contributed by atoms with Gasteiger partial charge in [0.15, 0.2) is 0 Å². The lowest BCUT2D eigenvalue weighted by Gasteiger charge is -2.06. The van der Waals surface area contributed by atoms with Crippen LogP contribution in [0.1, 0.15) is 11.1 Å². The van der Waals surface area contributed by atoms with Gasteiger partial charge in [0.25, 0.3) is 0 Å². The summed E-state index contributed by atoms with van der Waals surface area (Å²) in [6, 6.07) is 27.8. The van der Waals surface area contributed by atoms with Gasteiger partial charge in [0.1, 0.15) is 11.5 Å². The van der Waals surface area contributed by atoms with E-state index in [1.165, 1.54) is 0 Å². The molecule has 0 N–H and O–H groups in total. The molecule has 4 rings (SSSR count). The van der Waals surface area contributed by atoms with Crippen molar-refractivity contribution < 1.29 is 9.47 Å². The molecule has 0 atom stereocenters. The third-order valence-corrected chi connectivity index (χ3v) is 4.77. The molecule has 0 bridgehead atoms. The highest BCUT2D eigenvalue weighted by Gasteiger charge is 2.04. The number of hydrogen-bond acceptors (Lipinski definition) is 4. The van der Waals surface area contributed by atoms with E-state index >= 15 is 0 Å². The fraction of sp³-hybridized carbons (Fsp3) is 0.0769. The lowest BCUT2D eigenvalue weighted by Crippen LogP contribution is -1.86. The topological polar surface area (TPSA) is 43.2 Å². The van der Waals surface area contributed by atoms with Crippen LogP contribution in [0, 0.1) is 0 Å². The molecule has 4 heteroatoms. The van der Waals surface area contributed by atoms with Crippen LogP contribution in [0.15, 0.2) is 94.9 Å². The molecule has 0 aromatic heterocycles. The van der Waals surface area contributed by atoms with Gasteiger partial charge in [-0.1, -0.05) is 48.5 Å². The van der Waals surface area contributed by atoms with Gasteiger partial charge in [0, 0.05) is 23.2 Å². The monoisotopic (exact) mass is 394 g/mol. The lowest BCUT2D eigenvalue weighted by atomic mass is 10.1. The molecule has 0 saturated heterocycles. The first-order valence-corrected chi connectivity index (χ1v) is 9.65. The Morgan fingerprint density at radius 2 is 1.03 bits per heavy atom. The van der Waals surface area contributed by atoms with E-state index in [2.05, 4.69) is 12.1 Å². The van der Waals surface area contributed by atoms with Crippen LogP contribution in [0.25, 0.3) is 10.8 Å². The van der Waals surface area contributed by atoms with E-state index in [0.717, 1.165) is 44.8 Å². The summed E-state index contributed by atoms with van der Waals surface area (Å²) in [5, 5.41) is 2.11. The Labute approximate surface area is 176 Å². The van der Waals surface area contributed by atoms with Gasteiger partial charge in [-0.3, -0.25) is 9.98 Å². The van der Waals surface area contributed by atoms with Gasteiger partial charge in [-0.05, 0) is 47.5 Å². The lowest BCUT2D eigenvalue weighted by molar-refractivity contribution is 0.414. The number of aliphatic imine (C=N–C) groups is 2. The molecule has 0 aliphatic carbocycles. The number of hydrogen-bond donors (Lipinski definition) is 0. The third kappa shape index (κ3) is 4.39. The molecule has 0 aliphatic heterocycles. The summed E-state index contributed by atoms with van der Waals surface area (Å²) >= 11 is 0. The highest BCUT2D eigenvalue weighted by molar-refractivity contribution is 6.02. The molecule has 148 valence electrons. The first-order valence-electron chi connectivity index (χ1n) is 9.65. The van der Waals surface area contributed by atoms with Crippen molar-refractivity contribution in [1.82, 2.24) is 0 Å². The van der Waals surface area contributed by atoms with Gasteiger partial charge >= 0.3 is 0 Å². The van der Waals surface area contributed by atoms with E-state index in [1.807, 2.05) is 85.2 Å². The molecule has 0 aliphatic rings. The van der Waals surface area contributed by atoms with Crippen LogP contribution < -0.4 is 9.47 Å². The fourth-order valence-electron chi connectivity index (χ4n) is 3.22. The Morgan fingerprint density at radius 1 is 0.567 bits per heavy atom. The Bertz CT molecular complexity index is 1130. The zero-order valence-electron chi connectivity index (χ0n) is 16.9. The molecule has 4 aromatic carbocycles. The zero-order chi connectivity index (χ0) is 20.8. The average Bonchev–Trinajstić information content (AvgIpc) is 2.82. The molecule has 0 unspecified atom stereocenters. The molecule has 0 amide bonds. The Balaban J connectivity index is 1.67. The van der Waals surface area contributed by atoms with Crippen LogP contribution >= 0.6 is 0 Å². The van der Waals surface area contributed by atoms with Crippen LogP contribution in [0.3, 0.4) is 0 Å². The molecule has 4 nitrogen and oxygen atoms in total. The third-order valence-electron chi connectivity index (χ3n) is 4.77. The van der Waals surface area contributed by atoms with Crippen molar-refractivity contribution >= 4 is 34.6 Å². The maximum Gasteiger partial charge on any atom is 0.119 e. The summed E-state index contributed by atoms with van der Waals surface area (Å²) in [5.41, 5.74) is 3.76. The van der Waals surface area contributed by atoms with Gasteiger partial charge in [0.05, 0.1) is 25.6 Å². The first-order chi connectivity index (χ1) is 14.8. The number of ether oxygens (including phenoxy) is 2. The van der Waals surface area contributed by atoms with Crippen LogP contribution in [-0.2, 0) is 0 Å². The fourth-order valence-corrected chi connectivity index (χ4v) is 3.22. The predicted molar refractivity (Wildman–Crippen MR) is 124 cm³/mol. The predicted octanol–water partition coefficient (Wildman–Crippen LogP) is 6.36. The van der Waals surface area contributed by atoms with E-state index in [9.17, 15) is 0 Å². The molecule has 0 fully saturated rings. The van der Waals surface area contributed by atoms with Crippen LogP contribution in [0.5, 0.6) is 11.5 Å². The molecular formula is C26H22N2O2. The maximum absolute atomic E-state index is 5.29. The smallest absolute Gasteiger partial charge is 0.119 e. The van der Waals surface area contributed by atoms with E-state index in [4.69, 9.17) is 19.5 Å². The normalized spacial score (nSPS) is 11.4. The van der Waals surface area contributed by atoms with Gasteiger partial charge in [-0.15, -0.1) is 0 Å². The molecule has 0 heterocycles. The Morgan fingerprint density at radius 3 is 1.47 bits per heavy atom. The molecular weight excluding hydrogens is 372 g/mol. The number of nitrogens with zero attached hydrogens (tertiary/aromatic N) is 2. The van der Waals surface area contributed by atoms with Crippen molar-refractivity contribution in [2.75, 3.05) is 14.2 Å². The summed E-state index contributed by atoms with van der Waals surface area (Å²) in [4.78, 5) is 9.43. The second-order valence-electron chi connectivity index (χ2n) is 6.72. The summed E-state index contributed by atoms with van der Waals surface area (Å²) in [7, 11) is 3.32.